The number of nitrogens with one attached hydrogen (secondary N) is 1. The molecule has 3 aromatic rings. The fraction of sp³-hybridized carbons (Fsp3) is 0.333. The Hall–Kier alpha value is -2.66. The van der Waals surface area contributed by atoms with E-state index >= 15 is 0 Å². The van der Waals surface area contributed by atoms with Crippen LogP contribution in [0.25, 0.3) is 0 Å². The highest BCUT2D eigenvalue weighted by Gasteiger charge is 2.10. The minimum Gasteiger partial charge on any atom is -0.489 e. The van der Waals surface area contributed by atoms with Gasteiger partial charge < -0.3 is 14.6 Å². The summed E-state index contributed by atoms with van der Waals surface area (Å²) in [5, 5.41) is 7.22. The van der Waals surface area contributed by atoms with Crippen molar-refractivity contribution in [3.8, 4) is 5.75 Å². The van der Waals surface area contributed by atoms with Gasteiger partial charge in [-0.2, -0.15) is 4.98 Å². The van der Waals surface area contributed by atoms with Crippen LogP contribution in [0.1, 0.15) is 35.3 Å². The summed E-state index contributed by atoms with van der Waals surface area (Å²) in [6.07, 6.45) is 1.35. The number of rotatable bonds is 8. The lowest BCUT2D eigenvalue weighted by molar-refractivity contribution is 0.305. The van der Waals surface area contributed by atoms with Gasteiger partial charge in [0.1, 0.15) is 12.4 Å². The van der Waals surface area contributed by atoms with Gasteiger partial charge in [-0.15, -0.1) is 0 Å². The van der Waals surface area contributed by atoms with Crippen LogP contribution in [0.5, 0.6) is 5.75 Å². The fourth-order valence-electron chi connectivity index (χ4n) is 2.67. The summed E-state index contributed by atoms with van der Waals surface area (Å²) >= 11 is 0. The van der Waals surface area contributed by atoms with Gasteiger partial charge in [-0.3, -0.25) is 0 Å². The third-order valence-corrected chi connectivity index (χ3v) is 4.40. The molecular weight excluding hydrogens is 326 g/mol. The van der Waals surface area contributed by atoms with E-state index in [2.05, 4.69) is 41.4 Å². The van der Waals surface area contributed by atoms with Crippen LogP contribution in [0.3, 0.4) is 0 Å². The minimum absolute atomic E-state index is 0.318. The van der Waals surface area contributed by atoms with Crippen LogP contribution in [0.2, 0.25) is 0 Å². The van der Waals surface area contributed by atoms with Gasteiger partial charge in [0.25, 0.3) is 0 Å². The van der Waals surface area contributed by atoms with E-state index in [-0.39, 0.29) is 0 Å². The van der Waals surface area contributed by atoms with Crippen molar-refractivity contribution in [2.45, 2.75) is 39.3 Å². The highest BCUT2D eigenvalue weighted by molar-refractivity contribution is 5.31. The second kappa shape index (κ2) is 8.63. The highest BCUT2D eigenvalue weighted by Crippen LogP contribution is 2.18. The Bertz CT molecular complexity index is 845. The summed E-state index contributed by atoms with van der Waals surface area (Å²) in [5.74, 6) is 2.20. The lowest BCUT2D eigenvalue weighted by atomic mass is 10.1. The second-order valence-electron chi connectivity index (χ2n) is 6.54. The predicted molar refractivity (Wildman–Crippen MR) is 101 cm³/mol. The van der Waals surface area contributed by atoms with Gasteiger partial charge in [0.15, 0.2) is 5.82 Å². The van der Waals surface area contributed by atoms with E-state index in [0.717, 1.165) is 23.6 Å². The molecule has 0 bridgehead atoms. The van der Waals surface area contributed by atoms with Gasteiger partial charge in [0.2, 0.25) is 5.89 Å². The van der Waals surface area contributed by atoms with Crippen LogP contribution in [-0.2, 0) is 19.4 Å². The van der Waals surface area contributed by atoms with Crippen LogP contribution >= 0.6 is 0 Å². The molecule has 5 heteroatoms. The molecule has 136 valence electrons. The van der Waals surface area contributed by atoms with Gasteiger partial charge in [-0.25, -0.2) is 0 Å². The first-order valence-electron chi connectivity index (χ1n) is 8.89. The van der Waals surface area contributed by atoms with E-state index < -0.39 is 0 Å². The van der Waals surface area contributed by atoms with Crippen LogP contribution in [0.4, 0.5) is 0 Å². The lowest BCUT2D eigenvalue weighted by Crippen LogP contribution is -2.24. The molecule has 0 aliphatic heterocycles. The molecule has 2 aromatic carbocycles. The van der Waals surface area contributed by atoms with Gasteiger partial charge in [0.05, 0.1) is 6.42 Å². The Balaban J connectivity index is 1.61. The van der Waals surface area contributed by atoms with Crippen molar-refractivity contribution in [2.75, 3.05) is 7.05 Å². The zero-order chi connectivity index (χ0) is 18.4. The summed E-state index contributed by atoms with van der Waals surface area (Å²) in [6.45, 7) is 4.74. The van der Waals surface area contributed by atoms with Crippen molar-refractivity contribution in [1.29, 1.82) is 0 Å². The largest absolute Gasteiger partial charge is 0.489 e. The third kappa shape index (κ3) is 4.92. The molecule has 0 aliphatic carbocycles. The van der Waals surface area contributed by atoms with Crippen molar-refractivity contribution in [2.24, 2.45) is 0 Å². The molecule has 3 rings (SSSR count). The summed E-state index contributed by atoms with van der Waals surface area (Å²) in [7, 11) is 1.92. The standard InChI is InChI=1S/C21H25N3O2/c1-15-7-4-5-9-18(15)14-25-19-10-6-8-17(12-19)13-21-23-20(24-26-21)11-16(2)22-3/h4-10,12,16,22H,11,13-14H2,1-3H3. The SMILES string of the molecule is CNC(C)Cc1noc(Cc2cccc(OCc3ccccc3C)c2)n1. The number of aryl methyl sites for hydroxylation is 1. The maximum atomic E-state index is 5.95. The molecule has 0 fully saturated rings. The molecule has 26 heavy (non-hydrogen) atoms. The minimum atomic E-state index is 0.318. The van der Waals surface area contributed by atoms with Crippen molar-refractivity contribution in [3.05, 3.63) is 76.9 Å². The number of likely N-dealkylation sites (N-methyl/N-ethyl adjacent to an activating group) is 1. The molecule has 1 heterocycles. The maximum absolute atomic E-state index is 5.95. The van der Waals surface area contributed by atoms with Gasteiger partial charge in [-0.05, 0) is 49.7 Å². The van der Waals surface area contributed by atoms with Gasteiger partial charge in [0, 0.05) is 12.5 Å². The third-order valence-electron chi connectivity index (χ3n) is 4.40. The quantitative estimate of drug-likeness (QED) is 0.670. The van der Waals surface area contributed by atoms with Crippen LogP contribution in [-0.4, -0.2) is 23.2 Å². The topological polar surface area (TPSA) is 60.2 Å². The van der Waals surface area contributed by atoms with Crippen molar-refractivity contribution >= 4 is 0 Å². The Labute approximate surface area is 154 Å². The Morgan fingerprint density at radius 1 is 1.15 bits per heavy atom. The fourth-order valence-corrected chi connectivity index (χ4v) is 2.67. The van der Waals surface area contributed by atoms with Crippen molar-refractivity contribution in [1.82, 2.24) is 15.5 Å². The molecule has 1 N–H and O–H groups in total. The molecule has 0 spiro atoms. The van der Waals surface area contributed by atoms with Crippen LogP contribution in [0.15, 0.2) is 53.1 Å². The van der Waals surface area contributed by atoms with Gasteiger partial charge >= 0.3 is 0 Å². The summed E-state index contributed by atoms with van der Waals surface area (Å²) in [4.78, 5) is 4.47. The average molecular weight is 351 g/mol. The first-order valence-corrected chi connectivity index (χ1v) is 8.89. The first-order chi connectivity index (χ1) is 12.6. The molecule has 0 saturated heterocycles. The summed E-state index contributed by atoms with van der Waals surface area (Å²) in [5.41, 5.74) is 3.51. The smallest absolute Gasteiger partial charge is 0.231 e. The summed E-state index contributed by atoms with van der Waals surface area (Å²) < 4.78 is 11.3. The lowest BCUT2D eigenvalue weighted by Gasteiger charge is -2.09. The molecule has 0 aliphatic rings. The second-order valence-corrected chi connectivity index (χ2v) is 6.54. The molecular formula is C21H25N3O2. The van der Waals surface area contributed by atoms with Gasteiger partial charge in [-0.1, -0.05) is 41.6 Å². The van der Waals surface area contributed by atoms with Crippen LogP contribution < -0.4 is 10.1 Å². The molecule has 1 atom stereocenters. The monoisotopic (exact) mass is 351 g/mol. The van der Waals surface area contributed by atoms with E-state index in [4.69, 9.17) is 9.26 Å². The molecule has 0 amide bonds. The molecule has 1 unspecified atom stereocenters. The van der Waals surface area contributed by atoms with E-state index in [1.807, 2.05) is 43.4 Å². The number of ether oxygens (including phenoxy) is 1. The average Bonchev–Trinajstić information content (AvgIpc) is 3.08. The Morgan fingerprint density at radius 3 is 2.81 bits per heavy atom. The number of benzene rings is 2. The predicted octanol–water partition coefficient (Wildman–Crippen LogP) is 3.70. The Kier molecular flexibility index (Phi) is 6.02. The maximum Gasteiger partial charge on any atom is 0.231 e. The number of hydrogen-bond acceptors (Lipinski definition) is 5. The normalized spacial score (nSPS) is 12.1. The zero-order valence-electron chi connectivity index (χ0n) is 15.5. The first kappa shape index (κ1) is 18.1. The van der Waals surface area contributed by atoms with E-state index in [1.54, 1.807) is 0 Å². The molecule has 5 nitrogen and oxygen atoms in total. The van der Waals surface area contributed by atoms with E-state index in [9.17, 15) is 0 Å². The van der Waals surface area contributed by atoms with Crippen molar-refractivity contribution < 1.29 is 9.26 Å². The number of nitrogens with zero attached hydrogens (tertiary/aromatic N) is 2. The number of aromatic nitrogens is 2. The molecule has 0 radical (unpaired) electrons. The highest BCUT2D eigenvalue weighted by atomic mass is 16.5. The molecule has 1 aromatic heterocycles. The summed E-state index contributed by atoms with van der Waals surface area (Å²) in [6, 6.07) is 16.6. The number of hydrogen-bond donors (Lipinski definition) is 1. The van der Waals surface area contributed by atoms with E-state index in [0.29, 0.717) is 25.0 Å². The van der Waals surface area contributed by atoms with Crippen molar-refractivity contribution in [3.63, 3.8) is 0 Å². The zero-order valence-corrected chi connectivity index (χ0v) is 15.5. The van der Waals surface area contributed by atoms with Crippen LogP contribution in [0, 0.1) is 6.92 Å². The van der Waals surface area contributed by atoms with E-state index in [1.165, 1.54) is 11.1 Å². The molecule has 0 saturated carbocycles. The Morgan fingerprint density at radius 2 is 2.00 bits per heavy atom.